The predicted molar refractivity (Wildman–Crippen MR) is 91.1 cm³/mol. The van der Waals surface area contributed by atoms with Crippen LogP contribution in [0.5, 0.6) is 0 Å². The molecule has 124 valence electrons. The van der Waals surface area contributed by atoms with Crippen molar-refractivity contribution in [3.8, 4) is 0 Å². The molecule has 2 heterocycles. The fraction of sp³-hybridized carbons (Fsp3) is 0.706. The van der Waals surface area contributed by atoms with Gasteiger partial charge in [0.2, 0.25) is 0 Å². The van der Waals surface area contributed by atoms with Gasteiger partial charge in [-0.15, -0.1) is 0 Å². The molecule has 0 radical (unpaired) electrons. The van der Waals surface area contributed by atoms with Crippen molar-refractivity contribution in [1.29, 1.82) is 0 Å². The molecule has 1 aliphatic heterocycles. The van der Waals surface area contributed by atoms with E-state index in [1.807, 2.05) is 6.07 Å². The van der Waals surface area contributed by atoms with Gasteiger partial charge in [-0.05, 0) is 51.4 Å². The largest absolute Gasteiger partial charge is 0.468 e. The van der Waals surface area contributed by atoms with Crippen molar-refractivity contribution in [1.82, 2.24) is 15.5 Å². The molecule has 5 heteroatoms. The first-order valence-corrected chi connectivity index (χ1v) is 8.64. The molecule has 0 bridgehead atoms. The molecule has 2 N–H and O–H groups in total. The van der Waals surface area contributed by atoms with Crippen molar-refractivity contribution in [2.24, 2.45) is 4.99 Å². The van der Waals surface area contributed by atoms with Gasteiger partial charge < -0.3 is 15.1 Å². The average molecular weight is 306 g/mol. The molecule has 0 amide bonds. The molecule has 1 atom stereocenters. The smallest absolute Gasteiger partial charge is 0.191 e. The van der Waals surface area contributed by atoms with E-state index >= 15 is 0 Å². The minimum Gasteiger partial charge on any atom is -0.468 e. The summed E-state index contributed by atoms with van der Waals surface area (Å²) in [4.78, 5) is 7.28. The van der Waals surface area contributed by atoms with Crippen LogP contribution in [-0.2, 0) is 0 Å². The van der Waals surface area contributed by atoms with Crippen LogP contribution in [0, 0.1) is 0 Å². The average Bonchev–Trinajstić information content (AvgIpc) is 3.08. The molecule has 2 rings (SSSR count). The van der Waals surface area contributed by atoms with Gasteiger partial charge in [-0.1, -0.05) is 13.3 Å². The summed E-state index contributed by atoms with van der Waals surface area (Å²) in [5, 5.41) is 6.67. The molecule has 1 fully saturated rings. The Morgan fingerprint density at radius 3 is 2.73 bits per heavy atom. The van der Waals surface area contributed by atoms with Gasteiger partial charge >= 0.3 is 0 Å². The van der Waals surface area contributed by atoms with E-state index < -0.39 is 0 Å². The summed E-state index contributed by atoms with van der Waals surface area (Å²) in [6.45, 7) is 9.09. The highest BCUT2D eigenvalue weighted by Crippen LogP contribution is 2.25. The number of hydrogen-bond donors (Lipinski definition) is 2. The second-order valence-corrected chi connectivity index (χ2v) is 5.77. The summed E-state index contributed by atoms with van der Waals surface area (Å²) in [5.41, 5.74) is 0. The Labute approximate surface area is 134 Å². The van der Waals surface area contributed by atoms with Gasteiger partial charge in [-0.2, -0.15) is 0 Å². The number of rotatable bonds is 7. The van der Waals surface area contributed by atoms with E-state index in [2.05, 4.69) is 35.4 Å². The quantitative estimate of drug-likeness (QED) is 0.601. The number of aliphatic imine (C=N–C) groups is 1. The Kier molecular flexibility index (Phi) is 7.30. The lowest BCUT2D eigenvalue weighted by atomic mass is 10.1. The minimum absolute atomic E-state index is 0.243. The highest BCUT2D eigenvalue weighted by atomic mass is 16.3. The lowest BCUT2D eigenvalue weighted by molar-refractivity contribution is 0.150. The SMILES string of the molecule is CCCNC(=NCC(c1ccco1)N1CCCCC1)NCC. The number of hydrogen-bond acceptors (Lipinski definition) is 3. The number of likely N-dealkylation sites (tertiary alicyclic amines) is 1. The van der Waals surface area contributed by atoms with Gasteiger partial charge in [0, 0.05) is 13.1 Å². The van der Waals surface area contributed by atoms with E-state index in [4.69, 9.17) is 9.41 Å². The summed E-state index contributed by atoms with van der Waals surface area (Å²) in [6, 6.07) is 4.28. The highest BCUT2D eigenvalue weighted by molar-refractivity contribution is 5.79. The zero-order valence-corrected chi connectivity index (χ0v) is 14.0. The van der Waals surface area contributed by atoms with Gasteiger partial charge in [-0.3, -0.25) is 9.89 Å². The highest BCUT2D eigenvalue weighted by Gasteiger charge is 2.24. The number of piperidine rings is 1. The Morgan fingerprint density at radius 1 is 1.27 bits per heavy atom. The van der Waals surface area contributed by atoms with Crippen LogP contribution in [0.25, 0.3) is 0 Å². The molecule has 22 heavy (non-hydrogen) atoms. The van der Waals surface area contributed by atoms with Crippen molar-refractivity contribution in [2.75, 3.05) is 32.7 Å². The lowest BCUT2D eigenvalue weighted by Gasteiger charge is -2.32. The molecule has 0 aromatic carbocycles. The summed E-state index contributed by atoms with van der Waals surface area (Å²) in [7, 11) is 0. The molecule has 5 nitrogen and oxygen atoms in total. The van der Waals surface area contributed by atoms with E-state index in [1.165, 1.54) is 19.3 Å². The van der Waals surface area contributed by atoms with E-state index in [0.29, 0.717) is 0 Å². The molecule has 0 spiro atoms. The minimum atomic E-state index is 0.243. The van der Waals surface area contributed by atoms with Crippen LogP contribution >= 0.6 is 0 Å². The third-order valence-corrected chi connectivity index (χ3v) is 4.01. The molecule has 1 unspecified atom stereocenters. The second-order valence-electron chi connectivity index (χ2n) is 5.77. The standard InChI is InChI=1S/C17H30N4O/c1-3-10-19-17(18-4-2)20-14-15(16-9-8-13-22-16)21-11-6-5-7-12-21/h8-9,13,15H,3-7,10-12,14H2,1-2H3,(H2,18,19,20). The Morgan fingerprint density at radius 2 is 2.09 bits per heavy atom. The maximum atomic E-state index is 5.67. The van der Waals surface area contributed by atoms with Gasteiger partial charge in [0.05, 0.1) is 18.8 Å². The third kappa shape index (κ3) is 5.05. The molecule has 1 aromatic rings. The first-order valence-electron chi connectivity index (χ1n) is 8.64. The molecule has 1 aliphatic rings. The Bertz CT molecular complexity index is 424. The summed E-state index contributed by atoms with van der Waals surface area (Å²) < 4.78 is 5.67. The maximum Gasteiger partial charge on any atom is 0.191 e. The van der Waals surface area contributed by atoms with Crippen LogP contribution in [0.15, 0.2) is 27.8 Å². The van der Waals surface area contributed by atoms with Gasteiger partial charge in [0.15, 0.2) is 5.96 Å². The van der Waals surface area contributed by atoms with E-state index in [1.54, 1.807) is 6.26 Å². The van der Waals surface area contributed by atoms with Crippen molar-refractivity contribution in [2.45, 2.75) is 45.6 Å². The Balaban J connectivity index is 2.04. The summed E-state index contributed by atoms with van der Waals surface area (Å²) >= 11 is 0. The van der Waals surface area contributed by atoms with Crippen molar-refractivity contribution in [3.63, 3.8) is 0 Å². The molecular formula is C17H30N4O. The van der Waals surface area contributed by atoms with Crippen LogP contribution in [0.1, 0.15) is 51.3 Å². The van der Waals surface area contributed by atoms with Gasteiger partial charge in [-0.25, -0.2) is 0 Å². The fourth-order valence-corrected chi connectivity index (χ4v) is 2.86. The number of nitrogens with zero attached hydrogens (tertiary/aromatic N) is 2. The molecule has 0 saturated carbocycles. The predicted octanol–water partition coefficient (Wildman–Crippen LogP) is 2.77. The number of guanidine groups is 1. The van der Waals surface area contributed by atoms with E-state index in [9.17, 15) is 0 Å². The third-order valence-electron chi connectivity index (χ3n) is 4.01. The number of furan rings is 1. The summed E-state index contributed by atoms with van der Waals surface area (Å²) in [5.74, 6) is 1.93. The molecule has 0 aliphatic carbocycles. The molecule has 1 saturated heterocycles. The fourth-order valence-electron chi connectivity index (χ4n) is 2.86. The zero-order chi connectivity index (χ0) is 15.6. The van der Waals surface area contributed by atoms with Crippen LogP contribution < -0.4 is 10.6 Å². The lowest BCUT2D eigenvalue weighted by Crippen LogP contribution is -2.39. The topological polar surface area (TPSA) is 52.8 Å². The van der Waals surface area contributed by atoms with Crippen LogP contribution in [0.2, 0.25) is 0 Å². The van der Waals surface area contributed by atoms with E-state index in [0.717, 1.165) is 50.9 Å². The first kappa shape index (κ1) is 16.9. The van der Waals surface area contributed by atoms with Crippen LogP contribution in [0.4, 0.5) is 0 Å². The number of nitrogens with one attached hydrogen (secondary N) is 2. The van der Waals surface area contributed by atoms with Gasteiger partial charge in [0.25, 0.3) is 0 Å². The molecular weight excluding hydrogens is 276 g/mol. The molecule has 1 aromatic heterocycles. The summed E-state index contributed by atoms with van der Waals surface area (Å²) in [6.07, 6.45) is 6.74. The zero-order valence-electron chi connectivity index (χ0n) is 14.0. The van der Waals surface area contributed by atoms with E-state index in [-0.39, 0.29) is 6.04 Å². The first-order chi connectivity index (χ1) is 10.8. The Hall–Kier alpha value is -1.49. The van der Waals surface area contributed by atoms with Crippen molar-refractivity contribution in [3.05, 3.63) is 24.2 Å². The van der Waals surface area contributed by atoms with Crippen LogP contribution in [0.3, 0.4) is 0 Å². The van der Waals surface area contributed by atoms with Crippen molar-refractivity contribution >= 4 is 5.96 Å². The monoisotopic (exact) mass is 306 g/mol. The second kappa shape index (κ2) is 9.51. The van der Waals surface area contributed by atoms with Crippen molar-refractivity contribution < 1.29 is 4.42 Å². The maximum absolute atomic E-state index is 5.67. The normalized spacial score (nSPS) is 18.2. The van der Waals surface area contributed by atoms with Gasteiger partial charge in [0.1, 0.15) is 5.76 Å². The van der Waals surface area contributed by atoms with Crippen LogP contribution in [-0.4, -0.2) is 43.6 Å².